The van der Waals surface area contributed by atoms with Crippen LogP contribution in [-0.4, -0.2) is 116 Å². The molecule has 33 heavy (non-hydrogen) atoms. The SMILES string of the molecule is O=C(CCN([O-])O)OCC1OC(O)C(O)C(OC(=O)CCN([O-])O)C1OC(=O)CCN([O-])O. The van der Waals surface area contributed by atoms with Gasteiger partial charge in [0.15, 0.2) is 18.5 Å². The van der Waals surface area contributed by atoms with Gasteiger partial charge in [0.2, 0.25) is 0 Å². The number of aliphatic hydroxyl groups excluding tert-OH is 2. The number of hydrogen-bond acceptors (Lipinski definition) is 18. The van der Waals surface area contributed by atoms with Crippen molar-refractivity contribution in [3.63, 3.8) is 0 Å². The first-order valence-corrected chi connectivity index (χ1v) is 9.37. The number of hydroxylamine groups is 6. The van der Waals surface area contributed by atoms with Crippen molar-refractivity contribution in [3.8, 4) is 0 Å². The summed E-state index contributed by atoms with van der Waals surface area (Å²) >= 11 is 0. The number of ether oxygens (including phenoxy) is 4. The van der Waals surface area contributed by atoms with Gasteiger partial charge >= 0.3 is 17.9 Å². The molecule has 0 spiro atoms. The molecule has 1 aliphatic rings. The number of carbonyl (C=O) groups excluding carboxylic acids is 3. The predicted molar refractivity (Wildman–Crippen MR) is 97.0 cm³/mol. The highest BCUT2D eigenvalue weighted by molar-refractivity contribution is 5.71. The average Bonchev–Trinajstić information content (AvgIpc) is 2.73. The van der Waals surface area contributed by atoms with E-state index in [2.05, 4.69) is 0 Å². The third kappa shape index (κ3) is 11.1. The summed E-state index contributed by atoms with van der Waals surface area (Å²) in [4.78, 5) is 35.6. The molecule has 18 nitrogen and oxygen atoms in total. The van der Waals surface area contributed by atoms with Crippen LogP contribution in [0.25, 0.3) is 0 Å². The summed E-state index contributed by atoms with van der Waals surface area (Å²) in [5.41, 5.74) is 0. The molecule has 1 saturated heterocycles. The minimum atomic E-state index is -2.01. The van der Waals surface area contributed by atoms with Gasteiger partial charge in [-0.3, -0.25) is 30.1 Å². The smallest absolute Gasteiger partial charge is 0.307 e. The number of carbonyl (C=O) groups is 3. The lowest BCUT2D eigenvalue weighted by molar-refractivity contribution is -0.294. The van der Waals surface area contributed by atoms with Crippen molar-refractivity contribution < 1.29 is 59.2 Å². The van der Waals surface area contributed by atoms with E-state index in [1.807, 2.05) is 0 Å². The number of esters is 3. The van der Waals surface area contributed by atoms with Crippen LogP contribution < -0.4 is 0 Å². The largest absolute Gasteiger partial charge is 0.762 e. The first-order chi connectivity index (χ1) is 15.4. The second kappa shape index (κ2) is 14.2. The van der Waals surface area contributed by atoms with Crippen molar-refractivity contribution >= 4 is 17.9 Å². The number of aliphatic hydroxyl groups is 2. The van der Waals surface area contributed by atoms with Crippen molar-refractivity contribution in [1.82, 2.24) is 15.7 Å². The highest BCUT2D eigenvalue weighted by Crippen LogP contribution is 2.26. The van der Waals surface area contributed by atoms with Crippen LogP contribution in [0.15, 0.2) is 0 Å². The van der Waals surface area contributed by atoms with Crippen LogP contribution in [0.3, 0.4) is 0 Å². The van der Waals surface area contributed by atoms with E-state index in [0.29, 0.717) is 0 Å². The third-order valence-electron chi connectivity index (χ3n) is 4.10. The second-order valence-corrected chi connectivity index (χ2v) is 6.62. The van der Waals surface area contributed by atoms with Crippen molar-refractivity contribution in [2.24, 2.45) is 0 Å². The molecule has 0 aliphatic carbocycles. The van der Waals surface area contributed by atoms with Gasteiger partial charge in [-0.25, -0.2) is 0 Å². The Bertz CT molecular complexity index is 634. The van der Waals surface area contributed by atoms with Crippen LogP contribution in [0.5, 0.6) is 0 Å². The molecule has 18 heteroatoms. The Morgan fingerprint density at radius 1 is 0.758 bits per heavy atom. The van der Waals surface area contributed by atoms with Crippen LogP contribution in [0.2, 0.25) is 0 Å². The normalized spacial score (nSPS) is 25.4. The molecule has 0 radical (unpaired) electrons. The molecule has 192 valence electrons. The summed E-state index contributed by atoms with van der Waals surface area (Å²) in [7, 11) is 0. The highest BCUT2D eigenvalue weighted by Gasteiger charge is 2.49. The summed E-state index contributed by atoms with van der Waals surface area (Å²) in [6.45, 7) is -2.77. The van der Waals surface area contributed by atoms with Crippen LogP contribution in [0, 0.1) is 15.6 Å². The molecule has 0 aromatic rings. The van der Waals surface area contributed by atoms with Gasteiger partial charge in [-0.15, -0.1) is 0 Å². The molecule has 5 atom stereocenters. The fourth-order valence-electron chi connectivity index (χ4n) is 2.55. The molecule has 5 N–H and O–H groups in total. The first-order valence-electron chi connectivity index (χ1n) is 9.37. The molecule has 0 aromatic heterocycles. The number of rotatable bonds is 13. The summed E-state index contributed by atoms with van der Waals surface area (Å²) in [5.74, 6) is -3.30. The molecule has 0 amide bonds. The van der Waals surface area contributed by atoms with Crippen LogP contribution >= 0.6 is 0 Å². The fraction of sp³-hybridized carbons (Fsp3) is 0.800. The Balaban J connectivity index is 2.95. The van der Waals surface area contributed by atoms with Gasteiger partial charge in [-0.05, 0) is 0 Å². The lowest BCUT2D eigenvalue weighted by atomic mass is 9.98. The van der Waals surface area contributed by atoms with Gasteiger partial charge in [0, 0.05) is 19.6 Å². The van der Waals surface area contributed by atoms with Crippen molar-refractivity contribution in [1.29, 1.82) is 0 Å². The maximum atomic E-state index is 12.0. The lowest BCUT2D eigenvalue weighted by Gasteiger charge is -2.41. The zero-order valence-corrected chi connectivity index (χ0v) is 17.0. The molecule has 1 aliphatic heterocycles. The molecular weight excluding hydrogens is 462 g/mol. The maximum Gasteiger partial charge on any atom is 0.307 e. The maximum absolute atomic E-state index is 12.0. The van der Waals surface area contributed by atoms with Gasteiger partial charge in [-0.1, -0.05) is 0 Å². The standard InChI is InChI=1S/C15H24N3O15/c19-9(1-4-16(24)25)30-7-8-13(32-10(20)2-5-17(26)27)14(12(22)15(23)31-8)33-11(21)3-6-18(28)29/h8,12-15,22-24,26,28H,1-7H2/q-3. The number of hydrogen-bond donors (Lipinski definition) is 5. The lowest BCUT2D eigenvalue weighted by Crippen LogP contribution is -2.61. The molecule has 0 aromatic carbocycles. The monoisotopic (exact) mass is 486 g/mol. The summed E-state index contributed by atoms with van der Waals surface area (Å²) in [6.07, 6.45) is -10.9. The van der Waals surface area contributed by atoms with Crippen LogP contribution in [0.4, 0.5) is 0 Å². The fourth-order valence-corrected chi connectivity index (χ4v) is 2.55. The third-order valence-corrected chi connectivity index (χ3v) is 4.10. The summed E-state index contributed by atoms with van der Waals surface area (Å²) in [5, 5.41) is 75.7. The topological polar surface area (TPSA) is 268 Å². The minimum absolute atomic E-state index is 0.519. The molecular formula is C15H24N3O15-3. The van der Waals surface area contributed by atoms with Crippen molar-refractivity contribution in [2.45, 2.75) is 50.0 Å². The number of nitrogens with zero attached hydrogens (tertiary/aromatic N) is 3. The van der Waals surface area contributed by atoms with Crippen LogP contribution in [-0.2, 0) is 33.3 Å². The van der Waals surface area contributed by atoms with Gasteiger partial charge in [-0.2, -0.15) is 0 Å². The average molecular weight is 486 g/mol. The molecule has 5 unspecified atom stereocenters. The highest BCUT2D eigenvalue weighted by atomic mass is 16.8. The Morgan fingerprint density at radius 3 is 1.64 bits per heavy atom. The Morgan fingerprint density at radius 2 is 1.18 bits per heavy atom. The first kappa shape index (κ1) is 29.0. The molecule has 1 heterocycles. The van der Waals surface area contributed by atoms with E-state index in [0.717, 1.165) is 0 Å². The van der Waals surface area contributed by atoms with E-state index in [4.69, 9.17) is 34.6 Å². The van der Waals surface area contributed by atoms with E-state index in [-0.39, 0.29) is 0 Å². The Labute approximate surface area is 185 Å². The van der Waals surface area contributed by atoms with Gasteiger partial charge < -0.3 is 60.4 Å². The summed E-state index contributed by atoms with van der Waals surface area (Å²) < 4.78 is 19.9. The Hall–Kier alpha value is -2.07. The van der Waals surface area contributed by atoms with Crippen molar-refractivity contribution in [3.05, 3.63) is 15.6 Å². The van der Waals surface area contributed by atoms with E-state index in [1.165, 1.54) is 0 Å². The van der Waals surface area contributed by atoms with Gasteiger partial charge in [0.25, 0.3) is 0 Å². The zero-order valence-electron chi connectivity index (χ0n) is 17.0. The molecule has 0 bridgehead atoms. The van der Waals surface area contributed by atoms with E-state index in [9.17, 15) is 40.2 Å². The quantitative estimate of drug-likeness (QED) is 0.0996. The molecule has 0 saturated carbocycles. The Kier molecular flexibility index (Phi) is 12.5. The van der Waals surface area contributed by atoms with E-state index < -0.39 is 110 Å². The van der Waals surface area contributed by atoms with E-state index in [1.54, 1.807) is 0 Å². The minimum Gasteiger partial charge on any atom is -0.762 e. The van der Waals surface area contributed by atoms with Crippen LogP contribution in [0.1, 0.15) is 19.3 Å². The molecule has 1 fully saturated rings. The zero-order chi connectivity index (χ0) is 25.1. The predicted octanol–water partition coefficient (Wildman–Crippen LogP) is -2.83. The van der Waals surface area contributed by atoms with Gasteiger partial charge in [0.1, 0.15) is 18.8 Å². The summed E-state index contributed by atoms with van der Waals surface area (Å²) in [6, 6.07) is 0. The molecule has 1 rings (SSSR count). The second-order valence-electron chi connectivity index (χ2n) is 6.62. The van der Waals surface area contributed by atoms with Gasteiger partial charge in [0.05, 0.1) is 19.3 Å². The van der Waals surface area contributed by atoms with E-state index >= 15 is 0 Å². The van der Waals surface area contributed by atoms with Crippen molar-refractivity contribution in [2.75, 3.05) is 26.2 Å².